The number of benzene rings is 1. The monoisotopic (exact) mass is 276 g/mol. The van der Waals surface area contributed by atoms with Gasteiger partial charge in [-0.15, -0.1) is 0 Å². The molecular weight excluding hydrogens is 252 g/mol. The van der Waals surface area contributed by atoms with Crippen LogP contribution >= 0.6 is 0 Å². The van der Waals surface area contributed by atoms with Gasteiger partial charge in [0.25, 0.3) is 0 Å². The van der Waals surface area contributed by atoms with Crippen molar-refractivity contribution in [2.75, 3.05) is 26.7 Å². The molecule has 0 saturated carbocycles. The lowest BCUT2D eigenvalue weighted by atomic mass is 9.96. The van der Waals surface area contributed by atoms with Gasteiger partial charge in [0.05, 0.1) is 6.42 Å². The highest BCUT2D eigenvalue weighted by molar-refractivity contribution is 5.70. The van der Waals surface area contributed by atoms with E-state index in [0.717, 1.165) is 37.3 Å². The second-order valence-corrected chi connectivity index (χ2v) is 5.64. The van der Waals surface area contributed by atoms with E-state index >= 15 is 0 Å². The molecule has 2 N–H and O–H groups in total. The van der Waals surface area contributed by atoms with Gasteiger partial charge in [0.1, 0.15) is 0 Å². The SMILES string of the molecule is CNCC1CCCN(Cc2ccccc2CC(=O)O)C1. The van der Waals surface area contributed by atoms with Gasteiger partial charge in [-0.3, -0.25) is 9.69 Å². The third-order valence-electron chi connectivity index (χ3n) is 3.95. The molecule has 1 aromatic carbocycles. The summed E-state index contributed by atoms with van der Waals surface area (Å²) in [4.78, 5) is 13.4. The average Bonchev–Trinajstić information content (AvgIpc) is 2.41. The van der Waals surface area contributed by atoms with Crippen LogP contribution in [-0.4, -0.2) is 42.7 Å². The smallest absolute Gasteiger partial charge is 0.307 e. The van der Waals surface area contributed by atoms with E-state index in [1.54, 1.807) is 0 Å². The van der Waals surface area contributed by atoms with Crippen LogP contribution < -0.4 is 5.32 Å². The molecule has 1 aromatic rings. The van der Waals surface area contributed by atoms with Gasteiger partial charge in [0, 0.05) is 13.1 Å². The van der Waals surface area contributed by atoms with Crippen LogP contribution in [0, 0.1) is 5.92 Å². The lowest BCUT2D eigenvalue weighted by Crippen LogP contribution is -2.38. The van der Waals surface area contributed by atoms with Crippen LogP contribution in [0.25, 0.3) is 0 Å². The molecule has 1 atom stereocenters. The van der Waals surface area contributed by atoms with Crippen LogP contribution in [0.1, 0.15) is 24.0 Å². The van der Waals surface area contributed by atoms with Gasteiger partial charge in [-0.25, -0.2) is 0 Å². The molecule has 0 aliphatic carbocycles. The summed E-state index contributed by atoms with van der Waals surface area (Å²) < 4.78 is 0. The minimum absolute atomic E-state index is 0.115. The van der Waals surface area contributed by atoms with E-state index in [0.29, 0.717) is 5.92 Å². The van der Waals surface area contributed by atoms with Gasteiger partial charge in [-0.1, -0.05) is 24.3 Å². The summed E-state index contributed by atoms with van der Waals surface area (Å²) in [5, 5.41) is 12.2. The molecule has 2 rings (SSSR count). The van der Waals surface area contributed by atoms with E-state index in [1.807, 2.05) is 25.2 Å². The number of rotatable bonds is 6. The van der Waals surface area contributed by atoms with Crippen molar-refractivity contribution in [3.8, 4) is 0 Å². The zero-order chi connectivity index (χ0) is 14.4. The summed E-state index contributed by atoms with van der Waals surface area (Å²) in [5.74, 6) is -0.0514. The second kappa shape index (κ2) is 7.41. The van der Waals surface area contributed by atoms with E-state index in [4.69, 9.17) is 5.11 Å². The molecule has 0 aromatic heterocycles. The Morgan fingerprint density at radius 1 is 1.40 bits per heavy atom. The molecule has 0 radical (unpaired) electrons. The van der Waals surface area contributed by atoms with E-state index in [-0.39, 0.29) is 6.42 Å². The fourth-order valence-electron chi connectivity index (χ4n) is 3.04. The van der Waals surface area contributed by atoms with Gasteiger partial charge >= 0.3 is 5.97 Å². The number of carboxylic acid groups (broad SMARTS) is 1. The molecule has 110 valence electrons. The van der Waals surface area contributed by atoms with Crippen molar-refractivity contribution in [2.24, 2.45) is 5.92 Å². The Morgan fingerprint density at radius 2 is 2.15 bits per heavy atom. The van der Waals surface area contributed by atoms with Crippen LogP contribution in [0.5, 0.6) is 0 Å². The maximum absolute atomic E-state index is 10.9. The maximum atomic E-state index is 10.9. The quantitative estimate of drug-likeness (QED) is 0.831. The van der Waals surface area contributed by atoms with Crippen LogP contribution in [-0.2, 0) is 17.8 Å². The number of piperidine rings is 1. The Hall–Kier alpha value is -1.39. The molecule has 20 heavy (non-hydrogen) atoms. The van der Waals surface area contributed by atoms with E-state index in [2.05, 4.69) is 16.3 Å². The van der Waals surface area contributed by atoms with Crippen LogP contribution in [0.3, 0.4) is 0 Å². The topological polar surface area (TPSA) is 52.6 Å². The van der Waals surface area contributed by atoms with Crippen molar-refractivity contribution in [3.05, 3.63) is 35.4 Å². The fourth-order valence-corrected chi connectivity index (χ4v) is 3.04. The fraction of sp³-hybridized carbons (Fsp3) is 0.562. The largest absolute Gasteiger partial charge is 0.481 e. The number of nitrogens with zero attached hydrogens (tertiary/aromatic N) is 1. The first-order valence-electron chi connectivity index (χ1n) is 7.34. The predicted octanol–water partition coefficient (Wildman–Crippen LogP) is 1.75. The van der Waals surface area contributed by atoms with E-state index in [1.165, 1.54) is 12.8 Å². The summed E-state index contributed by atoms with van der Waals surface area (Å²) >= 11 is 0. The third-order valence-corrected chi connectivity index (χ3v) is 3.95. The Kier molecular flexibility index (Phi) is 5.56. The van der Waals surface area contributed by atoms with E-state index in [9.17, 15) is 4.79 Å². The van der Waals surface area contributed by atoms with Crippen LogP contribution in [0.4, 0.5) is 0 Å². The highest BCUT2D eigenvalue weighted by atomic mass is 16.4. The summed E-state index contributed by atoms with van der Waals surface area (Å²) in [5.41, 5.74) is 2.09. The van der Waals surface area contributed by atoms with Crippen molar-refractivity contribution < 1.29 is 9.90 Å². The molecule has 1 heterocycles. The minimum Gasteiger partial charge on any atom is -0.481 e. The predicted molar refractivity (Wildman–Crippen MR) is 79.7 cm³/mol. The lowest BCUT2D eigenvalue weighted by Gasteiger charge is -2.33. The first-order valence-corrected chi connectivity index (χ1v) is 7.34. The number of hydrogen-bond acceptors (Lipinski definition) is 3. The molecule has 1 aliphatic heterocycles. The second-order valence-electron chi connectivity index (χ2n) is 5.64. The van der Waals surface area contributed by atoms with Crippen LogP contribution in [0.2, 0.25) is 0 Å². The molecule has 1 saturated heterocycles. The number of carboxylic acids is 1. The molecule has 1 aliphatic rings. The van der Waals surface area contributed by atoms with Gasteiger partial charge in [0.15, 0.2) is 0 Å². The first-order chi connectivity index (χ1) is 9.69. The van der Waals surface area contributed by atoms with E-state index < -0.39 is 5.97 Å². The van der Waals surface area contributed by atoms with Gasteiger partial charge in [0.2, 0.25) is 0 Å². The summed E-state index contributed by atoms with van der Waals surface area (Å²) in [6, 6.07) is 7.90. The van der Waals surface area contributed by atoms with Gasteiger partial charge in [-0.05, 0) is 50.0 Å². The number of nitrogens with one attached hydrogen (secondary N) is 1. The Bertz CT molecular complexity index is 446. The summed E-state index contributed by atoms with van der Waals surface area (Å²) in [7, 11) is 2.00. The Balaban J connectivity index is 2.00. The number of hydrogen-bond donors (Lipinski definition) is 2. The summed E-state index contributed by atoms with van der Waals surface area (Å²) in [6.45, 7) is 4.14. The molecule has 4 heteroatoms. The van der Waals surface area contributed by atoms with Crippen molar-refractivity contribution in [3.63, 3.8) is 0 Å². The Morgan fingerprint density at radius 3 is 2.85 bits per heavy atom. The summed E-state index contributed by atoms with van der Waals surface area (Å²) in [6.07, 6.45) is 2.63. The normalized spacial score (nSPS) is 19.9. The standard InChI is InChI=1S/C16H24N2O2/c1-17-10-13-5-4-8-18(11-13)12-15-7-3-2-6-14(15)9-16(19)20/h2-3,6-7,13,17H,4-5,8-12H2,1H3,(H,19,20). The molecule has 1 fully saturated rings. The van der Waals surface area contributed by atoms with Gasteiger partial charge in [-0.2, -0.15) is 0 Å². The maximum Gasteiger partial charge on any atom is 0.307 e. The molecule has 0 spiro atoms. The molecule has 1 unspecified atom stereocenters. The van der Waals surface area contributed by atoms with Gasteiger partial charge < -0.3 is 10.4 Å². The lowest BCUT2D eigenvalue weighted by molar-refractivity contribution is -0.136. The first kappa shape index (κ1) is 15.0. The third kappa shape index (κ3) is 4.32. The zero-order valence-electron chi connectivity index (χ0n) is 12.1. The number of aliphatic carboxylic acids is 1. The minimum atomic E-state index is -0.760. The number of likely N-dealkylation sites (tertiary alicyclic amines) is 1. The van der Waals surface area contributed by atoms with Crippen molar-refractivity contribution in [2.45, 2.75) is 25.8 Å². The van der Waals surface area contributed by atoms with Crippen LogP contribution in [0.15, 0.2) is 24.3 Å². The zero-order valence-corrected chi connectivity index (χ0v) is 12.1. The number of carbonyl (C=O) groups is 1. The highest BCUT2D eigenvalue weighted by Crippen LogP contribution is 2.20. The molecule has 0 amide bonds. The molecular formula is C16H24N2O2. The average molecular weight is 276 g/mol. The highest BCUT2D eigenvalue weighted by Gasteiger charge is 2.20. The van der Waals surface area contributed by atoms with Crippen molar-refractivity contribution in [1.82, 2.24) is 10.2 Å². The van der Waals surface area contributed by atoms with Crippen molar-refractivity contribution >= 4 is 5.97 Å². The molecule has 0 bridgehead atoms. The van der Waals surface area contributed by atoms with Crippen molar-refractivity contribution in [1.29, 1.82) is 0 Å². The molecule has 4 nitrogen and oxygen atoms in total. The Labute approximate surface area is 120 Å².